The van der Waals surface area contributed by atoms with Gasteiger partial charge >= 0.3 is 0 Å². The van der Waals surface area contributed by atoms with Gasteiger partial charge in [-0.25, -0.2) is 4.98 Å². The first kappa shape index (κ1) is 14.5. The number of aromatic nitrogens is 2. The van der Waals surface area contributed by atoms with Crippen molar-refractivity contribution < 1.29 is 4.74 Å². The van der Waals surface area contributed by atoms with E-state index in [2.05, 4.69) is 46.9 Å². The van der Waals surface area contributed by atoms with Crippen molar-refractivity contribution in [2.24, 2.45) is 5.92 Å². The molecule has 1 atom stereocenters. The number of hydrogen-bond acceptors (Lipinski definition) is 2. The molecule has 3 nitrogen and oxygen atoms in total. The van der Waals surface area contributed by atoms with Crippen molar-refractivity contribution in [2.75, 3.05) is 13.2 Å². The Morgan fingerprint density at radius 1 is 1.13 bits per heavy atom. The van der Waals surface area contributed by atoms with E-state index in [0.717, 1.165) is 50.3 Å². The van der Waals surface area contributed by atoms with Crippen molar-refractivity contribution in [1.82, 2.24) is 9.55 Å². The molecule has 1 aromatic carbocycles. The molecular formula is C20H22N2O. The maximum absolute atomic E-state index is 5.47. The van der Waals surface area contributed by atoms with E-state index in [9.17, 15) is 0 Å². The molecule has 23 heavy (non-hydrogen) atoms. The minimum absolute atomic E-state index is 0.392. The predicted octanol–water partition coefficient (Wildman–Crippen LogP) is 3.66. The van der Waals surface area contributed by atoms with E-state index in [1.54, 1.807) is 0 Å². The van der Waals surface area contributed by atoms with Gasteiger partial charge < -0.3 is 9.30 Å². The van der Waals surface area contributed by atoms with E-state index in [1.165, 1.54) is 24.2 Å². The third-order valence-corrected chi connectivity index (χ3v) is 4.67. The molecule has 1 aromatic heterocycles. The molecule has 0 spiro atoms. The van der Waals surface area contributed by atoms with Crippen LogP contribution in [0.3, 0.4) is 0 Å². The van der Waals surface area contributed by atoms with Crippen LogP contribution < -0.4 is 0 Å². The van der Waals surface area contributed by atoms with E-state index in [4.69, 9.17) is 9.72 Å². The minimum Gasteiger partial charge on any atom is -0.380 e. The van der Waals surface area contributed by atoms with Gasteiger partial charge in [-0.3, -0.25) is 0 Å². The molecule has 1 fully saturated rings. The number of hydrogen-bond donors (Lipinski definition) is 0. The van der Waals surface area contributed by atoms with E-state index in [-0.39, 0.29) is 0 Å². The van der Waals surface area contributed by atoms with Crippen LogP contribution >= 0.6 is 0 Å². The highest BCUT2D eigenvalue weighted by molar-refractivity contribution is 5.60. The van der Waals surface area contributed by atoms with Crippen molar-refractivity contribution in [3.63, 3.8) is 0 Å². The second-order valence-electron chi connectivity index (χ2n) is 6.45. The molecule has 0 N–H and O–H groups in total. The summed E-state index contributed by atoms with van der Waals surface area (Å²) in [6.07, 6.45) is 8.11. The second-order valence-corrected chi connectivity index (χ2v) is 6.45. The van der Waals surface area contributed by atoms with Crippen molar-refractivity contribution in [3.8, 4) is 23.1 Å². The number of benzene rings is 1. The topological polar surface area (TPSA) is 27.1 Å². The first-order chi connectivity index (χ1) is 11.4. The Kier molecular flexibility index (Phi) is 4.17. The fourth-order valence-corrected chi connectivity index (χ4v) is 3.32. The Labute approximate surface area is 137 Å². The number of rotatable bonds is 1. The van der Waals surface area contributed by atoms with Crippen LogP contribution in [0.4, 0.5) is 0 Å². The first-order valence-electron chi connectivity index (χ1n) is 8.64. The average molecular weight is 306 g/mol. The molecular weight excluding hydrogens is 284 g/mol. The van der Waals surface area contributed by atoms with Gasteiger partial charge in [0.05, 0.1) is 12.3 Å². The molecule has 0 saturated carbocycles. The van der Waals surface area contributed by atoms with E-state index < -0.39 is 0 Å². The highest BCUT2D eigenvalue weighted by Crippen LogP contribution is 2.23. The number of ether oxygens (including phenoxy) is 1. The molecule has 3 heteroatoms. The summed E-state index contributed by atoms with van der Waals surface area (Å²) in [5, 5.41) is 0. The summed E-state index contributed by atoms with van der Waals surface area (Å²) >= 11 is 0. The number of aryl methyl sites for hydroxylation is 2. The summed E-state index contributed by atoms with van der Waals surface area (Å²) in [4.78, 5) is 4.78. The van der Waals surface area contributed by atoms with Gasteiger partial charge in [-0.15, -0.1) is 0 Å². The van der Waals surface area contributed by atoms with Crippen LogP contribution in [-0.2, 0) is 17.7 Å². The quantitative estimate of drug-likeness (QED) is 0.752. The highest BCUT2D eigenvalue weighted by atomic mass is 16.5. The Hall–Kier alpha value is -2.05. The van der Waals surface area contributed by atoms with Crippen LogP contribution in [0.2, 0.25) is 0 Å². The summed E-state index contributed by atoms with van der Waals surface area (Å²) < 4.78 is 7.78. The predicted molar refractivity (Wildman–Crippen MR) is 91.0 cm³/mol. The minimum atomic E-state index is 0.392. The van der Waals surface area contributed by atoms with Crippen molar-refractivity contribution >= 4 is 0 Å². The van der Waals surface area contributed by atoms with Gasteiger partial charge in [0.15, 0.2) is 0 Å². The van der Waals surface area contributed by atoms with E-state index >= 15 is 0 Å². The number of fused-ring (bicyclic) bond motifs is 1. The van der Waals surface area contributed by atoms with E-state index in [0.29, 0.717) is 5.92 Å². The molecule has 0 bridgehead atoms. The fraction of sp³-hybridized carbons (Fsp3) is 0.450. The first-order valence-corrected chi connectivity index (χ1v) is 8.64. The zero-order valence-corrected chi connectivity index (χ0v) is 13.4. The highest BCUT2D eigenvalue weighted by Gasteiger charge is 2.13. The van der Waals surface area contributed by atoms with Crippen LogP contribution in [0.5, 0.6) is 0 Å². The molecule has 2 aliphatic heterocycles. The molecule has 2 aliphatic rings. The number of nitrogens with zero attached hydrogens (tertiary/aromatic N) is 2. The number of imidazole rings is 1. The Bertz CT molecular complexity index is 704. The van der Waals surface area contributed by atoms with Gasteiger partial charge in [0.2, 0.25) is 0 Å². The van der Waals surface area contributed by atoms with Gasteiger partial charge in [0, 0.05) is 42.8 Å². The summed E-state index contributed by atoms with van der Waals surface area (Å²) in [5.41, 5.74) is 3.34. The SMILES string of the molecule is C(#CC1CCCOC1)c1ccc(-c2cn3c(n2)CCCC3)cc1. The lowest BCUT2D eigenvalue weighted by atomic mass is 10.0. The zero-order valence-electron chi connectivity index (χ0n) is 13.4. The van der Waals surface area contributed by atoms with E-state index in [1.807, 2.05) is 0 Å². The van der Waals surface area contributed by atoms with Gasteiger partial charge in [-0.1, -0.05) is 24.0 Å². The Balaban J connectivity index is 1.49. The third-order valence-electron chi connectivity index (χ3n) is 4.67. The summed E-state index contributed by atoms with van der Waals surface area (Å²) in [6.45, 7) is 2.78. The molecule has 4 rings (SSSR count). The van der Waals surface area contributed by atoms with Crippen LogP contribution in [0.15, 0.2) is 30.5 Å². The van der Waals surface area contributed by atoms with Crippen molar-refractivity contribution in [2.45, 2.75) is 38.6 Å². The largest absolute Gasteiger partial charge is 0.380 e. The average Bonchev–Trinajstić information content (AvgIpc) is 3.05. The molecule has 0 aliphatic carbocycles. The lowest BCUT2D eigenvalue weighted by Crippen LogP contribution is -2.15. The molecule has 3 heterocycles. The lowest BCUT2D eigenvalue weighted by molar-refractivity contribution is 0.0740. The Morgan fingerprint density at radius 3 is 2.83 bits per heavy atom. The van der Waals surface area contributed by atoms with Crippen LogP contribution in [-0.4, -0.2) is 22.8 Å². The molecule has 1 saturated heterocycles. The maximum Gasteiger partial charge on any atom is 0.109 e. The second kappa shape index (κ2) is 6.60. The van der Waals surface area contributed by atoms with Crippen molar-refractivity contribution in [3.05, 3.63) is 41.9 Å². The Morgan fingerprint density at radius 2 is 2.04 bits per heavy atom. The summed E-state index contributed by atoms with van der Waals surface area (Å²) in [7, 11) is 0. The van der Waals surface area contributed by atoms with Gasteiger partial charge in [0.1, 0.15) is 5.82 Å². The molecule has 0 amide bonds. The van der Waals surface area contributed by atoms with Crippen molar-refractivity contribution in [1.29, 1.82) is 0 Å². The molecule has 0 radical (unpaired) electrons. The van der Waals surface area contributed by atoms with Crippen LogP contribution in [0.25, 0.3) is 11.3 Å². The van der Waals surface area contributed by atoms with Gasteiger partial charge in [0.25, 0.3) is 0 Å². The standard InChI is InChI=1S/C20H22N2O/c1-2-12-22-14-19(21-20(22)5-1)18-10-8-16(9-11-18)6-7-17-4-3-13-23-15-17/h8-11,14,17H,1-5,12-13,15H2. The maximum atomic E-state index is 5.47. The third kappa shape index (κ3) is 3.33. The fourth-order valence-electron chi connectivity index (χ4n) is 3.32. The zero-order chi connectivity index (χ0) is 15.5. The normalized spacial score (nSPS) is 20.4. The summed E-state index contributed by atoms with van der Waals surface area (Å²) in [5.74, 6) is 8.25. The summed E-state index contributed by atoms with van der Waals surface area (Å²) in [6, 6.07) is 8.47. The lowest BCUT2D eigenvalue weighted by Gasteiger charge is -2.16. The van der Waals surface area contributed by atoms with Gasteiger partial charge in [-0.2, -0.15) is 0 Å². The smallest absolute Gasteiger partial charge is 0.109 e. The molecule has 118 valence electrons. The van der Waals surface area contributed by atoms with Crippen LogP contribution in [0, 0.1) is 17.8 Å². The molecule has 1 unspecified atom stereocenters. The molecule has 2 aromatic rings. The van der Waals surface area contributed by atoms with Crippen LogP contribution in [0.1, 0.15) is 37.1 Å². The van der Waals surface area contributed by atoms with Gasteiger partial charge in [-0.05, 0) is 37.8 Å². The monoisotopic (exact) mass is 306 g/mol.